The van der Waals surface area contributed by atoms with Gasteiger partial charge in [-0.15, -0.1) is 0 Å². The van der Waals surface area contributed by atoms with E-state index in [2.05, 4.69) is 5.32 Å². The van der Waals surface area contributed by atoms with Gasteiger partial charge in [-0.3, -0.25) is 4.79 Å². The topological polar surface area (TPSA) is 55.1 Å². The van der Waals surface area contributed by atoms with E-state index in [4.69, 9.17) is 17.3 Å². The van der Waals surface area contributed by atoms with Crippen LogP contribution in [0.15, 0.2) is 22.9 Å². The van der Waals surface area contributed by atoms with Crippen LogP contribution in [-0.4, -0.2) is 11.4 Å². The predicted molar refractivity (Wildman–Crippen MR) is 53.0 cm³/mol. The summed E-state index contributed by atoms with van der Waals surface area (Å²) in [4.78, 5) is 10.9. The highest BCUT2D eigenvalue weighted by atomic mass is 35.5. The summed E-state index contributed by atoms with van der Waals surface area (Å²) in [6.45, 7) is 3.39. The van der Waals surface area contributed by atoms with Gasteiger partial charge in [-0.25, -0.2) is 0 Å². The number of carbonyl (C=O) groups is 1. The number of halogens is 1. The Morgan fingerprint density at radius 3 is 2.85 bits per heavy atom. The van der Waals surface area contributed by atoms with E-state index in [0.717, 1.165) is 0 Å². The normalized spacial score (nSPS) is 27.6. The molecule has 4 heteroatoms. The van der Waals surface area contributed by atoms with E-state index in [1.165, 1.54) is 6.92 Å². The maximum absolute atomic E-state index is 10.9. The van der Waals surface area contributed by atoms with Gasteiger partial charge in [0.05, 0.1) is 10.6 Å². The smallest absolute Gasteiger partial charge is 0.217 e. The van der Waals surface area contributed by atoms with Gasteiger partial charge in [0.15, 0.2) is 0 Å². The lowest BCUT2D eigenvalue weighted by Crippen LogP contribution is -2.44. The molecule has 3 N–H and O–H groups in total. The molecule has 0 aromatic carbocycles. The highest BCUT2D eigenvalue weighted by Gasteiger charge is 2.25. The molecule has 1 aliphatic rings. The lowest BCUT2D eigenvalue weighted by atomic mass is 9.92. The van der Waals surface area contributed by atoms with Crippen molar-refractivity contribution in [2.75, 3.05) is 0 Å². The highest BCUT2D eigenvalue weighted by molar-refractivity contribution is 6.32. The minimum Gasteiger partial charge on any atom is -0.398 e. The Kier molecular flexibility index (Phi) is 2.66. The molecule has 72 valence electrons. The zero-order chi connectivity index (χ0) is 10.1. The van der Waals surface area contributed by atoms with Crippen molar-refractivity contribution < 1.29 is 4.79 Å². The molecule has 13 heavy (non-hydrogen) atoms. The number of allylic oxidation sites excluding steroid dienone is 1. The van der Waals surface area contributed by atoms with Gasteiger partial charge < -0.3 is 11.1 Å². The molecule has 1 atom stereocenters. The van der Waals surface area contributed by atoms with Crippen molar-refractivity contribution in [2.24, 2.45) is 5.73 Å². The first-order chi connectivity index (χ1) is 5.93. The summed E-state index contributed by atoms with van der Waals surface area (Å²) < 4.78 is 0. The molecule has 0 saturated carbocycles. The molecule has 0 bridgehead atoms. The summed E-state index contributed by atoms with van der Waals surface area (Å²) in [5, 5.41) is 3.37. The van der Waals surface area contributed by atoms with Crippen molar-refractivity contribution >= 4 is 17.5 Å². The summed E-state index contributed by atoms with van der Waals surface area (Å²) in [6.07, 6.45) is 4.26. The fraction of sp³-hybridized carbons (Fsp3) is 0.444. The van der Waals surface area contributed by atoms with Crippen LogP contribution in [0.3, 0.4) is 0 Å². The molecule has 1 unspecified atom stereocenters. The SMILES string of the molecule is CC(=O)NC1(C)C=C(N)C(Cl)=CC1. The second-order valence-corrected chi connectivity index (χ2v) is 3.86. The average Bonchev–Trinajstić information content (AvgIpc) is 1.96. The summed E-state index contributed by atoms with van der Waals surface area (Å²) in [5.74, 6) is -0.0713. The Morgan fingerprint density at radius 2 is 2.38 bits per heavy atom. The van der Waals surface area contributed by atoms with E-state index in [9.17, 15) is 4.79 Å². The van der Waals surface area contributed by atoms with Crippen LogP contribution in [0.5, 0.6) is 0 Å². The fourth-order valence-corrected chi connectivity index (χ4v) is 1.51. The molecule has 0 aromatic heterocycles. The van der Waals surface area contributed by atoms with Gasteiger partial charge in [0, 0.05) is 12.6 Å². The quantitative estimate of drug-likeness (QED) is 0.670. The minimum absolute atomic E-state index is 0.0713. The van der Waals surface area contributed by atoms with Gasteiger partial charge in [0.2, 0.25) is 5.91 Å². The Hall–Kier alpha value is -0.960. The zero-order valence-electron chi connectivity index (χ0n) is 7.73. The van der Waals surface area contributed by atoms with Crippen LogP contribution in [0, 0.1) is 0 Å². The average molecular weight is 201 g/mol. The van der Waals surface area contributed by atoms with Crippen LogP contribution in [0.1, 0.15) is 20.3 Å². The first-order valence-electron chi connectivity index (χ1n) is 4.06. The van der Waals surface area contributed by atoms with Gasteiger partial charge in [0.25, 0.3) is 0 Å². The lowest BCUT2D eigenvalue weighted by molar-refractivity contribution is -0.120. The second kappa shape index (κ2) is 3.42. The number of amides is 1. The van der Waals surface area contributed by atoms with Crippen LogP contribution < -0.4 is 11.1 Å². The molecule has 1 aliphatic carbocycles. The van der Waals surface area contributed by atoms with Crippen molar-refractivity contribution in [2.45, 2.75) is 25.8 Å². The van der Waals surface area contributed by atoms with Crippen LogP contribution in [0.4, 0.5) is 0 Å². The van der Waals surface area contributed by atoms with Crippen molar-refractivity contribution in [3.8, 4) is 0 Å². The molecule has 1 rings (SSSR count). The number of hydrogen-bond donors (Lipinski definition) is 2. The maximum Gasteiger partial charge on any atom is 0.217 e. The van der Waals surface area contributed by atoms with E-state index < -0.39 is 5.54 Å². The molecule has 0 aliphatic heterocycles. The largest absolute Gasteiger partial charge is 0.398 e. The first-order valence-corrected chi connectivity index (χ1v) is 4.44. The highest BCUT2D eigenvalue weighted by Crippen LogP contribution is 2.25. The van der Waals surface area contributed by atoms with Crippen molar-refractivity contribution in [1.82, 2.24) is 5.32 Å². The van der Waals surface area contributed by atoms with E-state index >= 15 is 0 Å². The summed E-state index contributed by atoms with van der Waals surface area (Å²) in [6, 6.07) is 0. The number of hydrogen-bond acceptors (Lipinski definition) is 2. The lowest BCUT2D eigenvalue weighted by Gasteiger charge is -2.29. The van der Waals surface area contributed by atoms with Crippen LogP contribution in [0.25, 0.3) is 0 Å². The maximum atomic E-state index is 10.9. The van der Waals surface area contributed by atoms with E-state index in [1.54, 1.807) is 6.08 Å². The number of rotatable bonds is 1. The van der Waals surface area contributed by atoms with Gasteiger partial charge in [0.1, 0.15) is 0 Å². The van der Waals surface area contributed by atoms with Crippen molar-refractivity contribution in [3.63, 3.8) is 0 Å². The third kappa shape index (κ3) is 2.49. The summed E-state index contributed by atoms with van der Waals surface area (Å²) >= 11 is 5.79. The van der Waals surface area contributed by atoms with Gasteiger partial charge in [-0.1, -0.05) is 17.7 Å². The molecule has 3 nitrogen and oxygen atoms in total. The molecule has 0 fully saturated rings. The van der Waals surface area contributed by atoms with Crippen LogP contribution >= 0.6 is 11.6 Å². The Morgan fingerprint density at radius 1 is 1.77 bits per heavy atom. The Labute approximate surface area is 82.6 Å². The molecule has 0 spiro atoms. The summed E-state index contributed by atoms with van der Waals surface area (Å²) in [5.41, 5.74) is 5.76. The number of nitrogens with one attached hydrogen (secondary N) is 1. The number of carbonyl (C=O) groups excluding carboxylic acids is 1. The predicted octanol–water partition coefficient (Wildman–Crippen LogP) is 1.25. The minimum atomic E-state index is -0.395. The van der Waals surface area contributed by atoms with E-state index in [0.29, 0.717) is 17.2 Å². The molecule has 0 radical (unpaired) electrons. The van der Waals surface area contributed by atoms with Gasteiger partial charge >= 0.3 is 0 Å². The molecule has 0 aromatic rings. The molecular formula is C9H13ClN2O. The van der Waals surface area contributed by atoms with Gasteiger partial charge in [-0.05, 0) is 19.4 Å². The molecule has 0 saturated heterocycles. The van der Waals surface area contributed by atoms with Gasteiger partial charge in [-0.2, -0.15) is 0 Å². The molecular weight excluding hydrogens is 188 g/mol. The third-order valence-electron chi connectivity index (χ3n) is 1.92. The molecule has 1 amide bonds. The molecule has 0 heterocycles. The summed E-state index contributed by atoms with van der Waals surface area (Å²) in [7, 11) is 0. The Balaban J connectivity index is 2.81. The van der Waals surface area contributed by atoms with Crippen LogP contribution in [0.2, 0.25) is 0 Å². The monoisotopic (exact) mass is 200 g/mol. The van der Waals surface area contributed by atoms with E-state index in [-0.39, 0.29) is 5.91 Å². The number of nitrogens with two attached hydrogens (primary N) is 1. The fourth-order valence-electron chi connectivity index (χ4n) is 1.38. The zero-order valence-corrected chi connectivity index (χ0v) is 8.48. The second-order valence-electron chi connectivity index (χ2n) is 3.45. The standard InChI is InChI=1S/C9H13ClN2O/c1-6(13)12-9(2)4-3-7(10)8(11)5-9/h3,5H,4,11H2,1-2H3,(H,12,13). The first kappa shape index (κ1) is 10.1. The third-order valence-corrected chi connectivity index (χ3v) is 2.29. The van der Waals surface area contributed by atoms with Crippen LogP contribution in [-0.2, 0) is 4.79 Å². The van der Waals surface area contributed by atoms with Crippen molar-refractivity contribution in [3.05, 3.63) is 22.9 Å². The van der Waals surface area contributed by atoms with E-state index in [1.807, 2.05) is 13.0 Å². The van der Waals surface area contributed by atoms with Crippen molar-refractivity contribution in [1.29, 1.82) is 0 Å². The Bertz CT molecular complexity index is 296.